The van der Waals surface area contributed by atoms with Gasteiger partial charge in [0.25, 0.3) is 0 Å². The van der Waals surface area contributed by atoms with E-state index in [2.05, 4.69) is 41.4 Å². The number of nitrogens with zero attached hydrogens (tertiary/aromatic N) is 6. The Bertz CT molecular complexity index is 1080. The highest BCUT2D eigenvalue weighted by molar-refractivity contribution is 14.0. The van der Waals surface area contributed by atoms with Gasteiger partial charge in [-0.3, -0.25) is 9.39 Å². The fourth-order valence-corrected chi connectivity index (χ4v) is 2.91. The van der Waals surface area contributed by atoms with Crippen LogP contribution in [-0.2, 0) is 20.1 Å². The first-order valence-electron chi connectivity index (χ1n) is 8.40. The van der Waals surface area contributed by atoms with Crippen molar-refractivity contribution < 1.29 is 0 Å². The molecule has 0 saturated carbocycles. The van der Waals surface area contributed by atoms with Crippen LogP contribution in [0.3, 0.4) is 0 Å². The number of aliphatic imine (C=N–C) groups is 1. The van der Waals surface area contributed by atoms with E-state index < -0.39 is 0 Å². The van der Waals surface area contributed by atoms with E-state index in [1.165, 1.54) is 0 Å². The minimum atomic E-state index is 0. The molecule has 0 bridgehead atoms. The molecular formula is C18H21IN8. The van der Waals surface area contributed by atoms with Gasteiger partial charge in [-0.15, -0.1) is 34.2 Å². The van der Waals surface area contributed by atoms with E-state index in [4.69, 9.17) is 0 Å². The van der Waals surface area contributed by atoms with E-state index in [0.29, 0.717) is 19.0 Å². The SMILES string of the molecule is CN=C(NCc1nc2ccccc2n1C)NCc1nnc2ccccn12.I. The van der Waals surface area contributed by atoms with Crippen LogP contribution in [0.4, 0.5) is 0 Å². The highest BCUT2D eigenvalue weighted by Crippen LogP contribution is 2.13. The Balaban J connectivity index is 0.00000210. The Morgan fingerprint density at radius 3 is 2.52 bits per heavy atom. The van der Waals surface area contributed by atoms with E-state index in [1.807, 2.05) is 54.0 Å². The number of halogens is 1. The third-order valence-electron chi connectivity index (χ3n) is 4.32. The first-order valence-corrected chi connectivity index (χ1v) is 8.40. The van der Waals surface area contributed by atoms with E-state index in [9.17, 15) is 0 Å². The predicted molar refractivity (Wildman–Crippen MR) is 116 cm³/mol. The molecule has 0 fully saturated rings. The number of nitrogens with one attached hydrogen (secondary N) is 2. The lowest BCUT2D eigenvalue weighted by atomic mass is 10.3. The molecule has 0 aliphatic rings. The molecule has 3 heterocycles. The quantitative estimate of drug-likeness (QED) is 0.268. The standard InChI is InChI=1S/C18H20N8.HI/c1-19-18(21-12-17-24-23-15-9-5-6-10-26(15)17)20-11-16-22-13-7-3-4-8-14(13)25(16)2;/h3-10H,11-12H2,1-2H3,(H2,19,20,21);1H. The zero-order valence-corrected chi connectivity index (χ0v) is 17.5. The Morgan fingerprint density at radius 2 is 1.74 bits per heavy atom. The highest BCUT2D eigenvalue weighted by atomic mass is 127. The predicted octanol–water partition coefficient (Wildman–Crippen LogP) is 2.10. The number of guanidine groups is 1. The second kappa shape index (κ2) is 8.33. The number of imidazole rings is 1. The molecule has 0 amide bonds. The van der Waals surface area contributed by atoms with Crippen molar-refractivity contribution in [3.63, 3.8) is 0 Å². The number of benzene rings is 1. The molecule has 0 spiro atoms. The summed E-state index contributed by atoms with van der Waals surface area (Å²) in [4.78, 5) is 8.93. The molecule has 0 saturated heterocycles. The number of aryl methyl sites for hydroxylation is 1. The number of aromatic nitrogens is 5. The van der Waals surface area contributed by atoms with Gasteiger partial charge in [0.2, 0.25) is 0 Å². The first kappa shape index (κ1) is 19.1. The van der Waals surface area contributed by atoms with E-state index in [1.54, 1.807) is 7.05 Å². The van der Waals surface area contributed by atoms with Crippen LogP contribution in [0.25, 0.3) is 16.7 Å². The third-order valence-corrected chi connectivity index (χ3v) is 4.32. The monoisotopic (exact) mass is 476 g/mol. The Morgan fingerprint density at radius 1 is 1.00 bits per heavy atom. The van der Waals surface area contributed by atoms with Gasteiger partial charge in [-0.1, -0.05) is 18.2 Å². The number of para-hydroxylation sites is 2. The van der Waals surface area contributed by atoms with Gasteiger partial charge in [0.1, 0.15) is 5.82 Å². The fraction of sp³-hybridized carbons (Fsp3) is 0.222. The summed E-state index contributed by atoms with van der Waals surface area (Å²) in [7, 11) is 3.76. The highest BCUT2D eigenvalue weighted by Gasteiger charge is 2.09. The summed E-state index contributed by atoms with van der Waals surface area (Å²) in [6, 6.07) is 13.9. The molecule has 140 valence electrons. The zero-order chi connectivity index (χ0) is 17.9. The molecule has 4 rings (SSSR count). The molecular weight excluding hydrogens is 455 g/mol. The summed E-state index contributed by atoms with van der Waals surface area (Å²) in [6.45, 7) is 1.10. The van der Waals surface area contributed by atoms with Gasteiger partial charge in [0.05, 0.1) is 24.1 Å². The van der Waals surface area contributed by atoms with Crippen LogP contribution >= 0.6 is 24.0 Å². The molecule has 0 unspecified atom stereocenters. The minimum Gasteiger partial charge on any atom is -0.349 e. The van der Waals surface area contributed by atoms with E-state index >= 15 is 0 Å². The summed E-state index contributed by atoms with van der Waals surface area (Å²) in [5.74, 6) is 2.46. The van der Waals surface area contributed by atoms with Crippen molar-refractivity contribution >= 4 is 46.6 Å². The van der Waals surface area contributed by atoms with Crippen molar-refractivity contribution in [3.8, 4) is 0 Å². The number of rotatable bonds is 4. The van der Waals surface area contributed by atoms with Crippen molar-refractivity contribution in [1.82, 2.24) is 34.8 Å². The second-order valence-corrected chi connectivity index (χ2v) is 5.90. The Hall–Kier alpha value is -2.69. The maximum atomic E-state index is 4.66. The summed E-state index contributed by atoms with van der Waals surface area (Å²) in [6.07, 6.45) is 1.95. The third kappa shape index (κ3) is 3.87. The second-order valence-electron chi connectivity index (χ2n) is 5.90. The fourth-order valence-electron chi connectivity index (χ4n) is 2.91. The molecule has 0 radical (unpaired) electrons. The van der Waals surface area contributed by atoms with Crippen LogP contribution in [-0.4, -0.2) is 37.2 Å². The summed E-state index contributed by atoms with van der Waals surface area (Å²) < 4.78 is 4.04. The summed E-state index contributed by atoms with van der Waals surface area (Å²) >= 11 is 0. The number of fused-ring (bicyclic) bond motifs is 2. The topological polar surface area (TPSA) is 84.4 Å². The number of pyridine rings is 1. The molecule has 0 aliphatic carbocycles. The maximum absolute atomic E-state index is 4.66. The van der Waals surface area contributed by atoms with Crippen molar-refractivity contribution in [1.29, 1.82) is 0 Å². The van der Waals surface area contributed by atoms with Gasteiger partial charge in [-0.25, -0.2) is 4.98 Å². The van der Waals surface area contributed by atoms with Crippen molar-refractivity contribution in [3.05, 3.63) is 60.3 Å². The molecule has 0 atom stereocenters. The Labute approximate surface area is 173 Å². The van der Waals surface area contributed by atoms with Crippen molar-refractivity contribution in [2.75, 3.05) is 7.05 Å². The largest absolute Gasteiger partial charge is 0.349 e. The molecule has 3 aromatic heterocycles. The lowest BCUT2D eigenvalue weighted by Gasteiger charge is -2.11. The van der Waals surface area contributed by atoms with Crippen LogP contribution < -0.4 is 10.6 Å². The van der Waals surface area contributed by atoms with Crippen LogP contribution in [0.15, 0.2) is 53.7 Å². The molecule has 9 heteroatoms. The number of hydrogen-bond donors (Lipinski definition) is 2. The summed E-state index contributed by atoms with van der Waals surface area (Å²) in [5, 5.41) is 14.9. The van der Waals surface area contributed by atoms with Crippen LogP contribution in [0.2, 0.25) is 0 Å². The van der Waals surface area contributed by atoms with Gasteiger partial charge in [0.15, 0.2) is 17.4 Å². The van der Waals surface area contributed by atoms with Gasteiger partial charge < -0.3 is 15.2 Å². The van der Waals surface area contributed by atoms with Crippen LogP contribution in [0, 0.1) is 0 Å². The first-order chi connectivity index (χ1) is 12.8. The van der Waals surface area contributed by atoms with Crippen LogP contribution in [0.1, 0.15) is 11.6 Å². The zero-order valence-electron chi connectivity index (χ0n) is 15.1. The molecule has 4 aromatic rings. The van der Waals surface area contributed by atoms with E-state index in [0.717, 1.165) is 28.3 Å². The average Bonchev–Trinajstić information content (AvgIpc) is 3.24. The normalized spacial score (nSPS) is 11.6. The molecule has 27 heavy (non-hydrogen) atoms. The number of hydrogen-bond acceptors (Lipinski definition) is 4. The van der Waals surface area contributed by atoms with Gasteiger partial charge in [0, 0.05) is 20.3 Å². The summed E-state index contributed by atoms with van der Waals surface area (Å²) in [5.41, 5.74) is 2.93. The molecule has 1 aromatic carbocycles. The van der Waals surface area contributed by atoms with Crippen LogP contribution in [0.5, 0.6) is 0 Å². The van der Waals surface area contributed by atoms with Gasteiger partial charge in [-0.2, -0.15) is 0 Å². The smallest absolute Gasteiger partial charge is 0.191 e. The van der Waals surface area contributed by atoms with Crippen molar-refractivity contribution in [2.45, 2.75) is 13.1 Å². The molecule has 2 N–H and O–H groups in total. The van der Waals surface area contributed by atoms with E-state index in [-0.39, 0.29) is 24.0 Å². The maximum Gasteiger partial charge on any atom is 0.191 e. The molecule has 8 nitrogen and oxygen atoms in total. The Kier molecular flexibility index (Phi) is 5.89. The van der Waals surface area contributed by atoms with Crippen molar-refractivity contribution in [2.24, 2.45) is 12.0 Å². The van der Waals surface area contributed by atoms with Gasteiger partial charge in [-0.05, 0) is 24.3 Å². The lowest BCUT2D eigenvalue weighted by Crippen LogP contribution is -2.37. The van der Waals surface area contributed by atoms with Gasteiger partial charge >= 0.3 is 0 Å². The minimum absolute atomic E-state index is 0. The molecule has 0 aliphatic heterocycles. The average molecular weight is 476 g/mol. The lowest BCUT2D eigenvalue weighted by molar-refractivity contribution is 0.723.